The summed E-state index contributed by atoms with van der Waals surface area (Å²) >= 11 is 0. The van der Waals surface area contributed by atoms with Gasteiger partial charge in [-0.3, -0.25) is 4.90 Å². The van der Waals surface area contributed by atoms with Crippen LogP contribution in [0, 0.1) is 5.82 Å². The van der Waals surface area contributed by atoms with Crippen molar-refractivity contribution in [1.29, 1.82) is 0 Å². The van der Waals surface area contributed by atoms with Gasteiger partial charge in [-0.05, 0) is 38.5 Å². The number of ether oxygens (including phenoxy) is 2. The Bertz CT molecular complexity index is 526. The van der Waals surface area contributed by atoms with E-state index in [1.807, 2.05) is 0 Å². The van der Waals surface area contributed by atoms with Gasteiger partial charge in [-0.1, -0.05) is 12.1 Å². The van der Waals surface area contributed by atoms with Crippen molar-refractivity contribution in [2.75, 3.05) is 19.8 Å². The number of amides is 1. The molecule has 0 aromatic heterocycles. The maximum atomic E-state index is 13.0. The number of morpholine rings is 1. The van der Waals surface area contributed by atoms with Gasteiger partial charge in [-0.15, -0.1) is 0 Å². The van der Waals surface area contributed by atoms with Crippen molar-refractivity contribution >= 4 is 6.09 Å². The highest BCUT2D eigenvalue weighted by atomic mass is 19.1. The number of carbonyl (C=O) groups excluding carboxylic acids is 1. The summed E-state index contributed by atoms with van der Waals surface area (Å²) < 4.78 is 23.7. The van der Waals surface area contributed by atoms with Gasteiger partial charge in [0.25, 0.3) is 0 Å². The second kappa shape index (κ2) is 7.27. The molecule has 2 unspecified atom stereocenters. The Hall–Kier alpha value is -1.66. The topological polar surface area (TPSA) is 59.0 Å². The first kappa shape index (κ1) is 17.7. The van der Waals surface area contributed by atoms with Crippen LogP contribution in [0.5, 0.6) is 0 Å². The number of halogens is 1. The molecule has 1 saturated heterocycles. The lowest BCUT2D eigenvalue weighted by Gasteiger charge is -2.38. The molecule has 1 amide bonds. The van der Waals surface area contributed by atoms with Gasteiger partial charge in [-0.2, -0.15) is 0 Å². The molecule has 0 radical (unpaired) electrons. The first-order chi connectivity index (χ1) is 10.8. The molecule has 2 rings (SSSR count). The Morgan fingerprint density at radius 3 is 2.70 bits per heavy atom. The predicted molar refractivity (Wildman–Crippen MR) is 83.7 cm³/mol. The van der Waals surface area contributed by atoms with Gasteiger partial charge in [0, 0.05) is 13.0 Å². The van der Waals surface area contributed by atoms with Gasteiger partial charge in [0.15, 0.2) is 0 Å². The van der Waals surface area contributed by atoms with Crippen LogP contribution in [0.15, 0.2) is 24.3 Å². The van der Waals surface area contributed by atoms with E-state index in [-0.39, 0.29) is 12.4 Å². The highest BCUT2D eigenvalue weighted by Gasteiger charge is 2.35. The van der Waals surface area contributed by atoms with Crippen molar-refractivity contribution in [3.05, 3.63) is 35.6 Å². The van der Waals surface area contributed by atoms with Crippen molar-refractivity contribution in [2.45, 2.75) is 44.9 Å². The minimum Gasteiger partial charge on any atom is -0.444 e. The number of hydrogen-bond donors (Lipinski definition) is 1. The third-order valence-electron chi connectivity index (χ3n) is 3.60. The zero-order chi connectivity index (χ0) is 17.0. The van der Waals surface area contributed by atoms with Crippen molar-refractivity contribution < 1.29 is 23.8 Å². The van der Waals surface area contributed by atoms with E-state index in [9.17, 15) is 14.3 Å². The molecule has 1 aliphatic rings. The third kappa shape index (κ3) is 5.18. The average molecular weight is 325 g/mol. The summed E-state index contributed by atoms with van der Waals surface area (Å²) in [6.07, 6.45) is -0.953. The zero-order valence-corrected chi connectivity index (χ0v) is 13.8. The summed E-state index contributed by atoms with van der Waals surface area (Å²) in [6.45, 7) is 6.45. The molecule has 0 bridgehead atoms. The van der Waals surface area contributed by atoms with Crippen LogP contribution in [0.25, 0.3) is 0 Å². The fraction of sp³-hybridized carbons (Fsp3) is 0.588. The summed E-state index contributed by atoms with van der Waals surface area (Å²) in [4.78, 5) is 13.8. The van der Waals surface area contributed by atoms with E-state index >= 15 is 0 Å². The second-order valence-electron chi connectivity index (χ2n) is 6.71. The summed E-state index contributed by atoms with van der Waals surface area (Å²) in [5.41, 5.74) is 0.204. The number of nitrogens with zero attached hydrogens (tertiary/aromatic N) is 1. The molecule has 0 spiro atoms. The minimum atomic E-state index is -0.812. The molecule has 23 heavy (non-hydrogen) atoms. The van der Waals surface area contributed by atoms with E-state index in [1.54, 1.807) is 32.9 Å². The highest BCUT2D eigenvalue weighted by Crippen LogP contribution is 2.19. The van der Waals surface area contributed by atoms with Crippen LogP contribution in [0.1, 0.15) is 26.3 Å². The lowest BCUT2D eigenvalue weighted by atomic mass is 10.0. The predicted octanol–water partition coefficient (Wildman–Crippen LogP) is 2.37. The minimum absolute atomic E-state index is 0.252. The number of aliphatic hydroxyl groups excluding tert-OH is 1. The summed E-state index contributed by atoms with van der Waals surface area (Å²) in [7, 11) is 0. The summed E-state index contributed by atoms with van der Waals surface area (Å²) in [6, 6.07) is 5.47. The van der Waals surface area contributed by atoms with Crippen molar-refractivity contribution in [3.63, 3.8) is 0 Å². The smallest absolute Gasteiger partial charge is 0.410 e. The molecular weight excluding hydrogens is 301 g/mol. The first-order valence-corrected chi connectivity index (χ1v) is 7.76. The quantitative estimate of drug-likeness (QED) is 0.927. The second-order valence-corrected chi connectivity index (χ2v) is 6.71. The molecule has 6 heteroatoms. The molecule has 0 aliphatic carbocycles. The highest BCUT2D eigenvalue weighted by molar-refractivity contribution is 5.68. The number of carbonyl (C=O) groups is 1. The van der Waals surface area contributed by atoms with Gasteiger partial charge >= 0.3 is 6.09 Å². The van der Waals surface area contributed by atoms with Gasteiger partial charge < -0.3 is 14.6 Å². The molecule has 0 saturated carbocycles. The van der Waals surface area contributed by atoms with Gasteiger partial charge in [-0.25, -0.2) is 9.18 Å². The van der Waals surface area contributed by atoms with Crippen LogP contribution in [-0.4, -0.2) is 53.6 Å². The Kier molecular flexibility index (Phi) is 5.59. The van der Waals surface area contributed by atoms with Gasteiger partial charge in [0.1, 0.15) is 11.4 Å². The molecule has 2 atom stereocenters. The van der Waals surface area contributed by atoms with Crippen LogP contribution < -0.4 is 0 Å². The maximum absolute atomic E-state index is 13.0. The molecule has 1 N–H and O–H groups in total. The van der Waals surface area contributed by atoms with Crippen LogP contribution in [0.3, 0.4) is 0 Å². The molecular formula is C17H24FNO4. The standard InChI is InChI=1S/C17H24FNO4/c1-17(2,3)23-16(21)19-8-9-22-11-14(19)15(20)10-12-4-6-13(18)7-5-12/h4-7,14-15,20H,8-11H2,1-3H3. The van der Waals surface area contributed by atoms with Crippen molar-refractivity contribution in [3.8, 4) is 0 Å². The Balaban J connectivity index is 2.04. The summed E-state index contributed by atoms with van der Waals surface area (Å²) in [5, 5.41) is 10.5. The Morgan fingerprint density at radius 1 is 1.43 bits per heavy atom. The Morgan fingerprint density at radius 2 is 2.09 bits per heavy atom. The van der Waals surface area contributed by atoms with Crippen LogP contribution in [0.2, 0.25) is 0 Å². The van der Waals surface area contributed by atoms with E-state index < -0.39 is 23.8 Å². The fourth-order valence-electron chi connectivity index (χ4n) is 2.49. The molecule has 1 aliphatic heterocycles. The lowest BCUT2D eigenvalue weighted by molar-refractivity contribution is -0.0660. The molecule has 1 fully saturated rings. The monoisotopic (exact) mass is 325 g/mol. The maximum Gasteiger partial charge on any atom is 0.410 e. The first-order valence-electron chi connectivity index (χ1n) is 7.76. The molecule has 1 aromatic carbocycles. The molecule has 5 nitrogen and oxygen atoms in total. The van der Waals surface area contributed by atoms with E-state index in [0.29, 0.717) is 19.6 Å². The van der Waals surface area contributed by atoms with Crippen LogP contribution in [0.4, 0.5) is 9.18 Å². The van der Waals surface area contributed by atoms with E-state index in [0.717, 1.165) is 5.56 Å². The van der Waals surface area contributed by atoms with E-state index in [1.165, 1.54) is 17.0 Å². The molecule has 128 valence electrons. The van der Waals surface area contributed by atoms with Gasteiger partial charge in [0.05, 0.1) is 25.4 Å². The number of rotatable bonds is 3. The van der Waals surface area contributed by atoms with Crippen LogP contribution >= 0.6 is 0 Å². The largest absolute Gasteiger partial charge is 0.444 e. The molecule has 1 heterocycles. The van der Waals surface area contributed by atoms with Crippen molar-refractivity contribution in [2.24, 2.45) is 0 Å². The average Bonchev–Trinajstić information content (AvgIpc) is 2.48. The number of hydrogen-bond acceptors (Lipinski definition) is 4. The Labute approximate surface area is 136 Å². The summed E-state index contributed by atoms with van der Waals surface area (Å²) in [5.74, 6) is -0.320. The van der Waals surface area contributed by atoms with Crippen LogP contribution in [-0.2, 0) is 15.9 Å². The third-order valence-corrected chi connectivity index (χ3v) is 3.60. The molecule has 1 aromatic rings. The zero-order valence-electron chi connectivity index (χ0n) is 13.8. The van der Waals surface area contributed by atoms with Gasteiger partial charge in [0.2, 0.25) is 0 Å². The SMILES string of the molecule is CC(C)(C)OC(=O)N1CCOCC1C(O)Cc1ccc(F)cc1. The fourth-order valence-corrected chi connectivity index (χ4v) is 2.49. The number of aliphatic hydroxyl groups is 1. The normalized spacial score (nSPS) is 20.2. The van der Waals surface area contributed by atoms with Crippen molar-refractivity contribution in [1.82, 2.24) is 4.90 Å². The van der Waals surface area contributed by atoms with E-state index in [2.05, 4.69) is 0 Å². The lowest BCUT2D eigenvalue weighted by Crippen LogP contribution is -2.55. The number of benzene rings is 1. The van der Waals surface area contributed by atoms with E-state index in [4.69, 9.17) is 9.47 Å².